The molecule has 0 unspecified atom stereocenters. The minimum absolute atomic E-state index is 0.242. The van der Waals surface area contributed by atoms with Gasteiger partial charge in [-0.3, -0.25) is 9.10 Å². The maximum Gasteiger partial charge on any atom is 0.240 e. The zero-order valence-electron chi connectivity index (χ0n) is 15.6. The number of carbonyl (C=O) groups excluding carboxylic acids is 1. The molecule has 0 saturated carbocycles. The van der Waals surface area contributed by atoms with Crippen molar-refractivity contribution in [2.75, 3.05) is 29.4 Å². The van der Waals surface area contributed by atoms with Gasteiger partial charge in [-0.2, -0.15) is 0 Å². The van der Waals surface area contributed by atoms with Crippen LogP contribution in [0.4, 0.5) is 5.69 Å². The Bertz CT molecular complexity index is 1030. The molecule has 3 aromatic rings. The molecule has 0 spiro atoms. The highest BCUT2D eigenvalue weighted by Crippen LogP contribution is 2.28. The maximum absolute atomic E-state index is 12.3. The number of fused-ring (bicyclic) bond motifs is 1. The summed E-state index contributed by atoms with van der Waals surface area (Å²) in [5, 5.41) is 2.78. The third kappa shape index (κ3) is 5.46. The summed E-state index contributed by atoms with van der Waals surface area (Å²) < 4.78 is 27.4. The first-order valence-electron chi connectivity index (χ1n) is 8.62. The molecule has 0 atom stereocenters. The van der Waals surface area contributed by atoms with E-state index in [1.54, 1.807) is 35.2 Å². The van der Waals surface area contributed by atoms with Gasteiger partial charge in [-0.15, -0.1) is 11.3 Å². The van der Waals surface area contributed by atoms with Crippen LogP contribution in [0, 0.1) is 6.92 Å². The van der Waals surface area contributed by atoms with E-state index in [-0.39, 0.29) is 12.5 Å². The minimum atomic E-state index is -3.56. The lowest BCUT2D eigenvalue weighted by atomic mass is 10.2. The smallest absolute Gasteiger partial charge is 0.240 e. The molecule has 1 amide bonds. The number of nitrogens with zero attached hydrogens (tertiary/aromatic N) is 2. The number of sulfonamides is 1. The number of nitrogens with one attached hydrogen (secondary N) is 1. The highest BCUT2D eigenvalue weighted by Gasteiger charge is 2.20. The summed E-state index contributed by atoms with van der Waals surface area (Å²) in [4.78, 5) is 16.8. The second-order valence-electron chi connectivity index (χ2n) is 6.25. The number of aryl methyl sites for hydroxylation is 1. The number of hydrogen-bond donors (Lipinski definition) is 1. The molecule has 1 heterocycles. The van der Waals surface area contributed by atoms with Crippen molar-refractivity contribution in [3.05, 3.63) is 54.1 Å². The van der Waals surface area contributed by atoms with Gasteiger partial charge in [0.2, 0.25) is 15.9 Å². The van der Waals surface area contributed by atoms with Crippen molar-refractivity contribution in [2.24, 2.45) is 0 Å². The van der Waals surface area contributed by atoms with E-state index in [4.69, 9.17) is 0 Å². The van der Waals surface area contributed by atoms with Crippen molar-refractivity contribution in [3.63, 3.8) is 0 Å². The van der Waals surface area contributed by atoms with Gasteiger partial charge >= 0.3 is 0 Å². The first-order chi connectivity index (χ1) is 13.3. The predicted octanol–water partition coefficient (Wildman–Crippen LogP) is 3.28. The molecular weight excluding hydrogens is 414 g/mol. The second-order valence-corrected chi connectivity index (χ2v) is 10.5. The number of para-hydroxylation sites is 1. The standard InChI is InChI=1S/C19H21N3O3S3/c1-14-7-9-15(10-8-14)22(28(2,24)25)13-18(23)20-11-12-26-19-21-16-5-3-4-6-17(16)27-19/h3-10H,11-13H2,1-2H3,(H,20,23). The van der Waals surface area contributed by atoms with Crippen molar-refractivity contribution in [3.8, 4) is 0 Å². The average molecular weight is 436 g/mol. The quantitative estimate of drug-likeness (QED) is 0.434. The molecule has 1 aromatic heterocycles. The third-order valence-electron chi connectivity index (χ3n) is 3.93. The topological polar surface area (TPSA) is 79.4 Å². The first kappa shape index (κ1) is 20.6. The number of anilines is 1. The van der Waals surface area contributed by atoms with Crippen LogP contribution in [0.25, 0.3) is 10.2 Å². The molecule has 28 heavy (non-hydrogen) atoms. The number of benzene rings is 2. The van der Waals surface area contributed by atoms with Crippen molar-refractivity contribution in [1.29, 1.82) is 0 Å². The van der Waals surface area contributed by atoms with Crippen LogP contribution >= 0.6 is 23.1 Å². The molecule has 6 nitrogen and oxygen atoms in total. The zero-order valence-corrected chi connectivity index (χ0v) is 18.0. The zero-order chi connectivity index (χ0) is 20.1. The van der Waals surface area contributed by atoms with E-state index in [9.17, 15) is 13.2 Å². The molecule has 148 valence electrons. The number of aromatic nitrogens is 1. The molecule has 1 N–H and O–H groups in total. The van der Waals surface area contributed by atoms with Gasteiger partial charge in [0, 0.05) is 12.3 Å². The van der Waals surface area contributed by atoms with Crippen molar-refractivity contribution in [2.45, 2.75) is 11.3 Å². The number of rotatable bonds is 8. The Labute approximate surface area is 173 Å². The number of carbonyl (C=O) groups is 1. The van der Waals surface area contributed by atoms with Crippen LogP contribution in [0.1, 0.15) is 5.56 Å². The Kier molecular flexibility index (Phi) is 6.58. The van der Waals surface area contributed by atoms with Gasteiger partial charge < -0.3 is 5.32 Å². The van der Waals surface area contributed by atoms with Crippen LogP contribution in [0.3, 0.4) is 0 Å². The summed E-state index contributed by atoms with van der Waals surface area (Å²) in [6, 6.07) is 15.0. The normalized spacial score (nSPS) is 11.5. The summed E-state index contributed by atoms with van der Waals surface area (Å²) in [5.41, 5.74) is 2.47. The lowest BCUT2D eigenvalue weighted by molar-refractivity contribution is -0.119. The highest BCUT2D eigenvalue weighted by atomic mass is 32.2. The second kappa shape index (κ2) is 8.93. The van der Waals surface area contributed by atoms with Gasteiger partial charge in [-0.05, 0) is 31.2 Å². The van der Waals surface area contributed by atoms with Crippen LogP contribution < -0.4 is 9.62 Å². The molecule has 0 aliphatic carbocycles. The van der Waals surface area contributed by atoms with Crippen LogP contribution in [-0.2, 0) is 14.8 Å². The van der Waals surface area contributed by atoms with E-state index < -0.39 is 10.0 Å². The molecule has 2 aromatic carbocycles. The van der Waals surface area contributed by atoms with Crippen molar-refractivity contribution >= 4 is 54.9 Å². The average Bonchev–Trinajstić information content (AvgIpc) is 3.06. The summed E-state index contributed by atoms with van der Waals surface area (Å²) in [6.07, 6.45) is 1.10. The Morgan fingerprint density at radius 3 is 2.57 bits per heavy atom. The summed E-state index contributed by atoms with van der Waals surface area (Å²) in [7, 11) is -3.56. The monoisotopic (exact) mass is 435 g/mol. The molecule has 0 radical (unpaired) electrons. The van der Waals surface area contributed by atoms with Gasteiger partial charge in [0.25, 0.3) is 0 Å². The van der Waals surface area contributed by atoms with Gasteiger partial charge in [-0.1, -0.05) is 41.6 Å². The summed E-state index contributed by atoms with van der Waals surface area (Å²) >= 11 is 3.19. The van der Waals surface area contributed by atoms with Gasteiger partial charge in [0.1, 0.15) is 6.54 Å². The van der Waals surface area contributed by atoms with E-state index in [1.807, 2.05) is 43.3 Å². The Morgan fingerprint density at radius 1 is 1.18 bits per heavy atom. The fourth-order valence-corrected chi connectivity index (χ4v) is 5.39. The lowest BCUT2D eigenvalue weighted by Gasteiger charge is -2.22. The minimum Gasteiger partial charge on any atom is -0.354 e. The fourth-order valence-electron chi connectivity index (χ4n) is 2.54. The number of hydrogen-bond acceptors (Lipinski definition) is 6. The molecule has 0 saturated heterocycles. The van der Waals surface area contributed by atoms with Crippen LogP contribution in [0.2, 0.25) is 0 Å². The SMILES string of the molecule is Cc1ccc(N(CC(=O)NCCSc2nc3ccccc3s2)S(C)(=O)=O)cc1. The number of thioether (sulfide) groups is 1. The highest BCUT2D eigenvalue weighted by molar-refractivity contribution is 8.01. The van der Waals surface area contributed by atoms with Crippen LogP contribution in [0.15, 0.2) is 52.9 Å². The number of thiazole rings is 1. The molecule has 9 heteroatoms. The van der Waals surface area contributed by atoms with Gasteiger partial charge in [0.05, 0.1) is 22.2 Å². The Hall–Kier alpha value is -2.10. The molecule has 0 bridgehead atoms. The lowest BCUT2D eigenvalue weighted by Crippen LogP contribution is -2.41. The van der Waals surface area contributed by atoms with E-state index in [2.05, 4.69) is 10.3 Å². The molecule has 0 aliphatic rings. The predicted molar refractivity (Wildman–Crippen MR) is 117 cm³/mol. The van der Waals surface area contributed by atoms with Crippen LogP contribution in [0.5, 0.6) is 0 Å². The fraction of sp³-hybridized carbons (Fsp3) is 0.263. The first-order valence-corrected chi connectivity index (χ1v) is 12.3. The molecule has 0 fully saturated rings. The Balaban J connectivity index is 1.52. The van der Waals surface area contributed by atoms with Gasteiger partial charge in [-0.25, -0.2) is 13.4 Å². The van der Waals surface area contributed by atoms with E-state index >= 15 is 0 Å². The van der Waals surface area contributed by atoms with E-state index in [0.29, 0.717) is 18.0 Å². The van der Waals surface area contributed by atoms with Crippen molar-refractivity contribution in [1.82, 2.24) is 10.3 Å². The van der Waals surface area contributed by atoms with E-state index in [1.165, 1.54) is 0 Å². The summed E-state index contributed by atoms with van der Waals surface area (Å²) in [6.45, 7) is 2.11. The molecule has 3 rings (SSSR count). The molecular formula is C19H21N3O3S3. The molecule has 0 aliphatic heterocycles. The van der Waals surface area contributed by atoms with Gasteiger partial charge in [0.15, 0.2) is 4.34 Å². The largest absolute Gasteiger partial charge is 0.354 e. The third-order valence-corrected chi connectivity index (χ3v) is 7.26. The van der Waals surface area contributed by atoms with Crippen molar-refractivity contribution < 1.29 is 13.2 Å². The Morgan fingerprint density at radius 2 is 1.89 bits per heavy atom. The van der Waals surface area contributed by atoms with E-state index in [0.717, 1.165) is 30.7 Å². The maximum atomic E-state index is 12.3. The van der Waals surface area contributed by atoms with Crippen LogP contribution in [-0.4, -0.2) is 44.4 Å². The summed E-state index contributed by atoms with van der Waals surface area (Å²) in [5.74, 6) is 0.325. The number of amides is 1.